The van der Waals surface area contributed by atoms with E-state index in [0.29, 0.717) is 36.6 Å². The highest BCUT2D eigenvalue weighted by Crippen LogP contribution is 2.19. The number of nitrogens with one attached hydrogen (secondary N) is 1. The molecule has 1 aliphatic heterocycles. The van der Waals surface area contributed by atoms with Gasteiger partial charge in [0.05, 0.1) is 17.1 Å². The van der Waals surface area contributed by atoms with Crippen LogP contribution in [0.2, 0.25) is 0 Å². The fourth-order valence-electron chi connectivity index (χ4n) is 3.32. The van der Waals surface area contributed by atoms with Crippen molar-refractivity contribution in [1.82, 2.24) is 9.88 Å². The van der Waals surface area contributed by atoms with Crippen LogP contribution in [0.5, 0.6) is 0 Å². The van der Waals surface area contributed by atoms with Gasteiger partial charge in [0.1, 0.15) is 12.0 Å². The lowest BCUT2D eigenvalue weighted by Crippen LogP contribution is -2.48. The standard InChI is InChI=1S/C20H24N4O4/c1-13-8-19(22-10-18(13)24(26)27)21-9-16-4-6-17(7-5-16)20(25)23-11-14(2)28-15(3)12-23/h4-8,10,14-15H,9,11-12H2,1-3H3,(H,21,22). The lowest BCUT2D eigenvalue weighted by atomic mass is 10.1. The molecule has 0 bridgehead atoms. The van der Waals surface area contributed by atoms with E-state index in [1.807, 2.05) is 43.0 Å². The van der Waals surface area contributed by atoms with Gasteiger partial charge in [-0.3, -0.25) is 14.9 Å². The van der Waals surface area contributed by atoms with Gasteiger partial charge >= 0.3 is 0 Å². The van der Waals surface area contributed by atoms with Crippen molar-refractivity contribution in [2.24, 2.45) is 0 Å². The summed E-state index contributed by atoms with van der Waals surface area (Å²) in [6, 6.07) is 9.08. The Morgan fingerprint density at radius 3 is 2.50 bits per heavy atom. The Morgan fingerprint density at radius 1 is 1.29 bits per heavy atom. The quantitative estimate of drug-likeness (QED) is 0.628. The Kier molecular flexibility index (Phi) is 5.89. The fraction of sp³-hybridized carbons (Fsp3) is 0.400. The average Bonchev–Trinajstić information content (AvgIpc) is 2.65. The second-order valence-electron chi connectivity index (χ2n) is 7.13. The highest BCUT2D eigenvalue weighted by atomic mass is 16.6. The smallest absolute Gasteiger partial charge is 0.290 e. The number of nitrogens with zero attached hydrogens (tertiary/aromatic N) is 3. The van der Waals surface area contributed by atoms with Crippen molar-refractivity contribution in [2.45, 2.75) is 39.5 Å². The van der Waals surface area contributed by atoms with Gasteiger partial charge < -0.3 is 15.0 Å². The summed E-state index contributed by atoms with van der Waals surface area (Å²) in [6.07, 6.45) is 1.33. The summed E-state index contributed by atoms with van der Waals surface area (Å²) in [5.74, 6) is 0.578. The monoisotopic (exact) mass is 384 g/mol. The number of anilines is 1. The first-order valence-corrected chi connectivity index (χ1v) is 9.22. The Hall–Kier alpha value is -3.00. The number of benzene rings is 1. The average molecular weight is 384 g/mol. The molecule has 2 unspecified atom stereocenters. The number of amides is 1. The summed E-state index contributed by atoms with van der Waals surface area (Å²) >= 11 is 0. The minimum Gasteiger partial charge on any atom is -0.372 e. The topological polar surface area (TPSA) is 97.6 Å². The summed E-state index contributed by atoms with van der Waals surface area (Å²) < 4.78 is 5.68. The molecule has 28 heavy (non-hydrogen) atoms. The number of carbonyl (C=O) groups is 1. The van der Waals surface area contributed by atoms with E-state index in [2.05, 4.69) is 10.3 Å². The molecule has 1 aromatic heterocycles. The lowest BCUT2D eigenvalue weighted by Gasteiger charge is -2.35. The number of carbonyl (C=O) groups excluding carboxylic acids is 1. The van der Waals surface area contributed by atoms with E-state index in [4.69, 9.17) is 4.74 Å². The maximum absolute atomic E-state index is 12.7. The third-order valence-corrected chi connectivity index (χ3v) is 4.66. The normalized spacial score (nSPS) is 19.3. The van der Waals surface area contributed by atoms with Crippen LogP contribution < -0.4 is 5.32 Å². The van der Waals surface area contributed by atoms with E-state index in [-0.39, 0.29) is 23.8 Å². The van der Waals surface area contributed by atoms with Crippen LogP contribution in [-0.2, 0) is 11.3 Å². The molecule has 148 valence electrons. The van der Waals surface area contributed by atoms with Gasteiger partial charge in [-0.05, 0) is 44.5 Å². The van der Waals surface area contributed by atoms with Gasteiger partial charge in [-0.1, -0.05) is 12.1 Å². The predicted octanol–water partition coefficient (Wildman–Crippen LogP) is 3.16. The lowest BCUT2D eigenvalue weighted by molar-refractivity contribution is -0.385. The summed E-state index contributed by atoms with van der Waals surface area (Å²) in [7, 11) is 0. The van der Waals surface area contributed by atoms with Crippen LogP contribution in [0.4, 0.5) is 11.5 Å². The second kappa shape index (κ2) is 8.35. The predicted molar refractivity (Wildman–Crippen MR) is 105 cm³/mol. The van der Waals surface area contributed by atoms with Crippen LogP contribution in [0.15, 0.2) is 36.5 Å². The van der Waals surface area contributed by atoms with E-state index in [1.54, 1.807) is 13.0 Å². The van der Waals surface area contributed by atoms with Gasteiger partial charge in [0.2, 0.25) is 0 Å². The minimum atomic E-state index is -0.447. The second-order valence-corrected chi connectivity index (χ2v) is 7.13. The molecular weight excluding hydrogens is 360 g/mol. The maximum Gasteiger partial charge on any atom is 0.290 e. The molecule has 2 atom stereocenters. The van der Waals surface area contributed by atoms with Crippen molar-refractivity contribution in [1.29, 1.82) is 0 Å². The molecule has 1 amide bonds. The number of morpholine rings is 1. The molecule has 1 N–H and O–H groups in total. The van der Waals surface area contributed by atoms with Gasteiger partial charge in [0.25, 0.3) is 11.6 Å². The van der Waals surface area contributed by atoms with E-state index in [9.17, 15) is 14.9 Å². The molecule has 1 saturated heterocycles. The van der Waals surface area contributed by atoms with Gasteiger partial charge in [-0.2, -0.15) is 0 Å². The molecule has 1 aromatic carbocycles. The molecule has 0 spiro atoms. The van der Waals surface area contributed by atoms with Crippen LogP contribution >= 0.6 is 0 Å². The largest absolute Gasteiger partial charge is 0.372 e. The Bertz CT molecular complexity index is 859. The zero-order chi connectivity index (χ0) is 20.3. The van der Waals surface area contributed by atoms with Crippen LogP contribution in [0.3, 0.4) is 0 Å². The minimum absolute atomic E-state index is 0.000153. The Morgan fingerprint density at radius 2 is 1.93 bits per heavy atom. The zero-order valence-electron chi connectivity index (χ0n) is 16.2. The number of ether oxygens (including phenoxy) is 1. The van der Waals surface area contributed by atoms with E-state index < -0.39 is 4.92 Å². The number of hydrogen-bond donors (Lipinski definition) is 1. The molecule has 1 aliphatic rings. The molecule has 2 heterocycles. The summed E-state index contributed by atoms with van der Waals surface area (Å²) in [5.41, 5.74) is 2.19. The van der Waals surface area contributed by atoms with Gasteiger partial charge in [0.15, 0.2) is 0 Å². The first-order valence-electron chi connectivity index (χ1n) is 9.22. The number of aryl methyl sites for hydroxylation is 1. The first-order chi connectivity index (χ1) is 13.3. The van der Waals surface area contributed by atoms with Crippen molar-refractivity contribution in [3.63, 3.8) is 0 Å². The number of rotatable bonds is 5. The molecule has 1 fully saturated rings. The number of pyridine rings is 1. The van der Waals surface area contributed by atoms with Crippen LogP contribution in [-0.4, -0.2) is 46.0 Å². The molecular formula is C20H24N4O4. The van der Waals surface area contributed by atoms with Crippen molar-refractivity contribution in [2.75, 3.05) is 18.4 Å². The zero-order valence-corrected chi connectivity index (χ0v) is 16.2. The van der Waals surface area contributed by atoms with Crippen LogP contribution in [0, 0.1) is 17.0 Å². The molecule has 2 aromatic rings. The van der Waals surface area contributed by atoms with Crippen LogP contribution in [0.25, 0.3) is 0 Å². The van der Waals surface area contributed by atoms with Gasteiger partial charge in [0, 0.05) is 30.8 Å². The van der Waals surface area contributed by atoms with Gasteiger partial charge in [-0.25, -0.2) is 4.98 Å². The fourth-order valence-corrected chi connectivity index (χ4v) is 3.32. The molecule has 0 aliphatic carbocycles. The summed E-state index contributed by atoms with van der Waals surface area (Å²) in [5, 5.41) is 14.0. The van der Waals surface area contributed by atoms with Crippen LogP contribution in [0.1, 0.15) is 35.3 Å². The van der Waals surface area contributed by atoms with Crippen molar-refractivity contribution in [3.05, 3.63) is 63.3 Å². The highest BCUT2D eigenvalue weighted by molar-refractivity contribution is 5.94. The first kappa shape index (κ1) is 19.8. The molecule has 0 saturated carbocycles. The Labute approximate surface area is 163 Å². The van der Waals surface area contributed by atoms with E-state index in [0.717, 1.165) is 5.56 Å². The van der Waals surface area contributed by atoms with Crippen molar-refractivity contribution >= 4 is 17.4 Å². The molecule has 0 radical (unpaired) electrons. The third-order valence-electron chi connectivity index (χ3n) is 4.66. The summed E-state index contributed by atoms with van der Waals surface area (Å²) in [4.78, 5) is 29.0. The van der Waals surface area contributed by atoms with E-state index >= 15 is 0 Å². The third kappa shape index (κ3) is 4.64. The highest BCUT2D eigenvalue weighted by Gasteiger charge is 2.26. The number of hydrogen-bond acceptors (Lipinski definition) is 6. The SMILES string of the molecule is Cc1cc(NCc2ccc(C(=O)N3CC(C)OC(C)C3)cc2)ncc1[N+](=O)[O-]. The van der Waals surface area contributed by atoms with Crippen molar-refractivity contribution < 1.29 is 14.5 Å². The summed E-state index contributed by atoms with van der Waals surface area (Å²) in [6.45, 7) is 7.32. The van der Waals surface area contributed by atoms with Crippen molar-refractivity contribution in [3.8, 4) is 0 Å². The molecule has 8 heteroatoms. The number of nitro groups is 1. The Balaban J connectivity index is 1.61. The molecule has 3 rings (SSSR count). The van der Waals surface area contributed by atoms with Gasteiger partial charge in [-0.15, -0.1) is 0 Å². The number of aromatic nitrogens is 1. The van der Waals surface area contributed by atoms with E-state index in [1.165, 1.54) is 6.20 Å². The molecule has 8 nitrogen and oxygen atoms in total. The maximum atomic E-state index is 12.7.